The molecule has 0 aliphatic rings. The van der Waals surface area contributed by atoms with Gasteiger partial charge in [0.2, 0.25) is 0 Å². The number of carbonyl (C=O) groups excluding carboxylic acids is 1. The Morgan fingerprint density at radius 2 is 1.85 bits per heavy atom. The molecule has 168 valence electrons. The summed E-state index contributed by atoms with van der Waals surface area (Å²) in [4.78, 5) is 12.7. The summed E-state index contributed by atoms with van der Waals surface area (Å²) in [6.07, 6.45) is 1.54. The van der Waals surface area contributed by atoms with E-state index in [1.165, 1.54) is 0 Å². The van der Waals surface area contributed by atoms with E-state index in [0.29, 0.717) is 29.4 Å². The summed E-state index contributed by atoms with van der Waals surface area (Å²) in [7, 11) is 1.56. The van der Waals surface area contributed by atoms with E-state index in [2.05, 4.69) is 43.8 Å². The zero-order chi connectivity index (χ0) is 24.0. The first-order valence-corrected chi connectivity index (χ1v) is 11.9. The predicted octanol–water partition coefficient (Wildman–Crippen LogP) is 6.80. The van der Waals surface area contributed by atoms with E-state index in [0.717, 1.165) is 24.7 Å². The Morgan fingerprint density at radius 3 is 2.48 bits per heavy atom. The molecular weight excluding hydrogens is 595 g/mol. The first-order valence-electron chi connectivity index (χ1n) is 10.1. The van der Waals surface area contributed by atoms with Crippen molar-refractivity contribution in [3.63, 3.8) is 0 Å². The summed E-state index contributed by atoms with van der Waals surface area (Å²) in [5.41, 5.74) is 4.53. The maximum Gasteiger partial charge on any atom is 0.266 e. The van der Waals surface area contributed by atoms with Crippen molar-refractivity contribution in [2.24, 2.45) is 0 Å². The number of methoxy groups -OCH3 is 1. The molecule has 0 aliphatic heterocycles. The lowest BCUT2D eigenvalue weighted by atomic mass is 10.1. The van der Waals surface area contributed by atoms with Gasteiger partial charge in [-0.05, 0) is 101 Å². The van der Waals surface area contributed by atoms with Gasteiger partial charge < -0.3 is 14.8 Å². The lowest BCUT2D eigenvalue weighted by molar-refractivity contribution is -0.112. The minimum absolute atomic E-state index is 0.00499. The molecule has 1 N–H and O–H groups in total. The van der Waals surface area contributed by atoms with Gasteiger partial charge in [0.1, 0.15) is 18.2 Å². The molecule has 0 aromatic heterocycles. The van der Waals surface area contributed by atoms with Crippen molar-refractivity contribution >= 4 is 56.2 Å². The van der Waals surface area contributed by atoms with E-state index in [1.807, 2.05) is 68.4 Å². The minimum Gasteiger partial charge on any atom is -0.493 e. The average molecular weight is 617 g/mol. The van der Waals surface area contributed by atoms with Gasteiger partial charge in [0.15, 0.2) is 11.5 Å². The quantitative estimate of drug-likeness (QED) is 0.180. The number of nitrogens with zero attached hydrogens (tertiary/aromatic N) is 1. The molecular formula is C26H22BrIN2O3. The van der Waals surface area contributed by atoms with Crippen LogP contribution in [0.2, 0.25) is 0 Å². The molecule has 33 heavy (non-hydrogen) atoms. The molecule has 1 amide bonds. The summed E-state index contributed by atoms with van der Waals surface area (Å²) in [5.74, 6) is 0.665. The van der Waals surface area contributed by atoms with E-state index in [4.69, 9.17) is 9.47 Å². The molecule has 0 atom stereocenters. The molecule has 0 bridgehead atoms. The highest BCUT2D eigenvalue weighted by atomic mass is 127. The number of hydrogen-bond donors (Lipinski definition) is 1. The summed E-state index contributed by atoms with van der Waals surface area (Å²) in [6, 6.07) is 19.1. The summed E-state index contributed by atoms with van der Waals surface area (Å²) in [5, 5.41) is 12.4. The molecule has 0 unspecified atom stereocenters. The van der Waals surface area contributed by atoms with Crippen LogP contribution >= 0.6 is 38.5 Å². The summed E-state index contributed by atoms with van der Waals surface area (Å²) >= 11 is 5.58. The van der Waals surface area contributed by atoms with Crippen LogP contribution in [0.4, 0.5) is 5.69 Å². The maximum absolute atomic E-state index is 12.7. The second-order valence-corrected chi connectivity index (χ2v) is 9.45. The van der Waals surface area contributed by atoms with Crippen LogP contribution in [0.5, 0.6) is 11.5 Å². The van der Waals surface area contributed by atoms with E-state index in [9.17, 15) is 10.1 Å². The van der Waals surface area contributed by atoms with Gasteiger partial charge in [-0.3, -0.25) is 4.79 Å². The number of anilines is 1. The van der Waals surface area contributed by atoms with Crippen LogP contribution in [-0.4, -0.2) is 13.0 Å². The fourth-order valence-electron chi connectivity index (χ4n) is 3.03. The van der Waals surface area contributed by atoms with Crippen LogP contribution in [0.25, 0.3) is 6.08 Å². The van der Waals surface area contributed by atoms with Crippen LogP contribution in [0, 0.1) is 28.7 Å². The Kier molecular flexibility index (Phi) is 8.53. The van der Waals surface area contributed by atoms with Crippen molar-refractivity contribution in [3.05, 3.63) is 90.5 Å². The molecule has 3 rings (SSSR count). The van der Waals surface area contributed by atoms with Crippen LogP contribution in [0.3, 0.4) is 0 Å². The van der Waals surface area contributed by atoms with Crippen molar-refractivity contribution in [3.8, 4) is 17.6 Å². The molecule has 0 saturated heterocycles. The fourth-order valence-corrected chi connectivity index (χ4v) is 4.08. The Bertz CT molecular complexity index is 1250. The third kappa shape index (κ3) is 6.59. The molecule has 0 spiro atoms. The summed E-state index contributed by atoms with van der Waals surface area (Å²) < 4.78 is 13.3. The van der Waals surface area contributed by atoms with Gasteiger partial charge in [-0.2, -0.15) is 5.26 Å². The van der Waals surface area contributed by atoms with Crippen molar-refractivity contribution < 1.29 is 14.3 Å². The SMILES string of the molecule is COc1cc(/C=C(\C#N)C(=O)Nc2ccc(C)c(C)c2)cc(I)c1OCc1ccc(Br)cc1. The Balaban J connectivity index is 1.81. The first-order chi connectivity index (χ1) is 15.8. The molecule has 0 saturated carbocycles. The topological polar surface area (TPSA) is 71.3 Å². The normalized spacial score (nSPS) is 11.0. The highest BCUT2D eigenvalue weighted by Crippen LogP contribution is 2.35. The Hall–Kier alpha value is -2.83. The molecule has 0 aliphatic carbocycles. The average Bonchev–Trinajstić information content (AvgIpc) is 2.79. The number of hydrogen-bond acceptors (Lipinski definition) is 4. The zero-order valence-corrected chi connectivity index (χ0v) is 22.2. The van der Waals surface area contributed by atoms with E-state index in [1.54, 1.807) is 19.3 Å². The van der Waals surface area contributed by atoms with E-state index >= 15 is 0 Å². The number of benzene rings is 3. The monoisotopic (exact) mass is 616 g/mol. The number of nitriles is 1. The van der Waals surface area contributed by atoms with Gasteiger partial charge >= 0.3 is 0 Å². The highest BCUT2D eigenvalue weighted by Gasteiger charge is 2.14. The second kappa shape index (κ2) is 11.3. The van der Waals surface area contributed by atoms with E-state index < -0.39 is 5.91 Å². The molecule has 7 heteroatoms. The van der Waals surface area contributed by atoms with Crippen LogP contribution < -0.4 is 14.8 Å². The number of aryl methyl sites for hydroxylation is 2. The maximum atomic E-state index is 12.7. The minimum atomic E-state index is -0.467. The van der Waals surface area contributed by atoms with Crippen LogP contribution in [0.1, 0.15) is 22.3 Å². The van der Waals surface area contributed by atoms with Gasteiger partial charge in [-0.25, -0.2) is 0 Å². The van der Waals surface area contributed by atoms with E-state index in [-0.39, 0.29) is 5.57 Å². The predicted molar refractivity (Wildman–Crippen MR) is 142 cm³/mol. The lowest BCUT2D eigenvalue weighted by Crippen LogP contribution is -2.13. The number of ether oxygens (including phenoxy) is 2. The Morgan fingerprint density at radius 1 is 1.12 bits per heavy atom. The number of halogens is 2. The number of nitrogens with one attached hydrogen (secondary N) is 1. The molecule has 5 nitrogen and oxygen atoms in total. The number of carbonyl (C=O) groups is 1. The van der Waals surface area contributed by atoms with Crippen molar-refractivity contribution in [1.82, 2.24) is 0 Å². The molecule has 0 fully saturated rings. The standard InChI is InChI=1S/C26H22BrIN2O3/c1-16-4-9-22(10-17(16)2)30-26(31)20(14-29)11-19-12-23(28)25(24(13-19)32-3)33-15-18-5-7-21(27)8-6-18/h4-13H,15H2,1-3H3,(H,30,31)/b20-11+. The molecule has 0 radical (unpaired) electrons. The number of rotatable bonds is 7. The van der Waals surface area contributed by atoms with Gasteiger partial charge in [0, 0.05) is 10.2 Å². The largest absolute Gasteiger partial charge is 0.493 e. The molecule has 0 heterocycles. The van der Waals surface area contributed by atoms with Gasteiger partial charge in [-0.15, -0.1) is 0 Å². The van der Waals surface area contributed by atoms with Crippen molar-refractivity contribution in [2.45, 2.75) is 20.5 Å². The van der Waals surface area contributed by atoms with Crippen LogP contribution in [0.15, 0.2) is 64.6 Å². The van der Waals surface area contributed by atoms with Crippen molar-refractivity contribution in [1.29, 1.82) is 5.26 Å². The second-order valence-electron chi connectivity index (χ2n) is 7.37. The van der Waals surface area contributed by atoms with Crippen LogP contribution in [-0.2, 0) is 11.4 Å². The van der Waals surface area contributed by atoms with Crippen molar-refractivity contribution in [2.75, 3.05) is 12.4 Å². The summed E-state index contributed by atoms with van der Waals surface area (Å²) in [6.45, 7) is 4.36. The van der Waals surface area contributed by atoms with Gasteiger partial charge in [-0.1, -0.05) is 34.1 Å². The zero-order valence-electron chi connectivity index (χ0n) is 18.4. The smallest absolute Gasteiger partial charge is 0.266 e. The Labute approximate surface area is 215 Å². The molecule has 3 aromatic rings. The first kappa shape index (κ1) is 24.8. The number of amides is 1. The third-order valence-corrected chi connectivity index (χ3v) is 6.32. The fraction of sp³-hybridized carbons (Fsp3) is 0.154. The molecule has 3 aromatic carbocycles. The lowest BCUT2D eigenvalue weighted by Gasteiger charge is -2.14. The highest BCUT2D eigenvalue weighted by molar-refractivity contribution is 14.1. The van der Waals surface area contributed by atoms with Gasteiger partial charge in [0.05, 0.1) is 10.7 Å². The third-order valence-electron chi connectivity index (χ3n) is 4.99. The van der Waals surface area contributed by atoms with Gasteiger partial charge in [0.25, 0.3) is 5.91 Å².